The molecule has 0 amide bonds. The van der Waals surface area contributed by atoms with E-state index >= 15 is 0 Å². The van der Waals surface area contributed by atoms with Gasteiger partial charge in [0.05, 0.1) is 11.3 Å². The van der Waals surface area contributed by atoms with Crippen LogP contribution < -0.4 is 9.08 Å². The maximum atomic E-state index is 13.3. The summed E-state index contributed by atoms with van der Waals surface area (Å²) in [6.07, 6.45) is 0.319. The minimum atomic E-state index is -5.19. The van der Waals surface area contributed by atoms with E-state index in [1.54, 1.807) is 36.4 Å². The Morgan fingerprint density at radius 1 is 1.05 bits per heavy atom. The second-order valence-corrected chi connectivity index (χ2v) is 10.4. The second-order valence-electron chi connectivity index (χ2n) is 7.04. The van der Waals surface area contributed by atoms with Crippen molar-refractivity contribution in [2.45, 2.75) is 16.3 Å². The predicted octanol–water partition coefficient (Wildman–Crippen LogP) is 3.74. The van der Waals surface area contributed by atoms with Gasteiger partial charge in [-0.05, 0) is 48.2 Å². The van der Waals surface area contributed by atoms with Gasteiger partial charge in [0.1, 0.15) is 22.5 Å². The van der Waals surface area contributed by atoms with E-state index in [4.69, 9.17) is 25.9 Å². The maximum Gasteiger partial charge on any atom is 0.430 e. The predicted molar refractivity (Wildman–Crippen MR) is 122 cm³/mol. The van der Waals surface area contributed by atoms with E-state index in [-0.39, 0.29) is 5.82 Å². The van der Waals surface area contributed by atoms with Crippen LogP contribution in [0.2, 0.25) is 5.02 Å². The van der Waals surface area contributed by atoms with Crippen LogP contribution in [0.5, 0.6) is 0 Å². The number of carbonyl (C=O) groups is 1. The molecule has 0 spiro atoms. The van der Waals surface area contributed by atoms with E-state index < -0.39 is 22.2 Å². The Kier molecular flexibility index (Phi) is 8.56. The molecule has 3 aromatic heterocycles. The third kappa shape index (κ3) is 7.74. The number of rotatable bonds is 5. The van der Waals surface area contributed by atoms with Crippen LogP contribution in [-0.4, -0.2) is 36.8 Å². The summed E-state index contributed by atoms with van der Waals surface area (Å²) in [4.78, 5) is 17.6. The number of hydrogen-bond donors (Lipinski definition) is 0. The highest BCUT2D eigenvalue weighted by Gasteiger charge is 2.28. The lowest BCUT2D eigenvalue weighted by molar-refractivity contribution is -0.510. The molecule has 0 aliphatic rings. The van der Waals surface area contributed by atoms with Crippen LogP contribution in [0.15, 0.2) is 81.7 Å². The van der Waals surface area contributed by atoms with Crippen LogP contribution in [-0.2, 0) is 14.8 Å². The first-order valence-corrected chi connectivity index (χ1v) is 12.8. The Morgan fingerprint density at radius 2 is 1.65 bits per heavy atom. The highest BCUT2D eigenvalue weighted by atomic mass is 35.5. The summed E-state index contributed by atoms with van der Waals surface area (Å²) in [6, 6.07) is 12.5. The topological polar surface area (TPSA) is 117 Å². The van der Waals surface area contributed by atoms with Gasteiger partial charge in [0, 0.05) is 29.5 Å². The number of halogens is 5. The highest BCUT2D eigenvalue weighted by molar-refractivity contribution is 7.99. The van der Waals surface area contributed by atoms with E-state index in [0.717, 1.165) is 10.2 Å². The number of hydrogen-bond acceptors (Lipinski definition) is 8. The number of aliphatic carboxylic acids is 1. The molecule has 0 saturated heterocycles. The van der Waals surface area contributed by atoms with Crippen LogP contribution in [0.1, 0.15) is 0 Å². The number of oxazole rings is 1. The molecule has 8 nitrogen and oxygen atoms in total. The van der Waals surface area contributed by atoms with Gasteiger partial charge in [-0.25, -0.2) is 14.4 Å². The van der Waals surface area contributed by atoms with E-state index in [1.807, 2.05) is 0 Å². The SMILES string of the molecule is CS(=O)(=O)[n+]1ccc(-c2nc(-c3ccc(F)cc3)oc2Sc2ccc(Cl)cn2)cc1.O=C([O-])C(F)(F)F. The molecule has 37 heavy (non-hydrogen) atoms. The zero-order valence-electron chi connectivity index (χ0n) is 18.4. The molecular weight excluding hydrogens is 562 g/mol. The Balaban J connectivity index is 0.000000479. The molecule has 3 heterocycles. The van der Waals surface area contributed by atoms with Crippen LogP contribution in [0, 0.1) is 5.82 Å². The average molecular weight is 576 g/mol. The monoisotopic (exact) mass is 575 g/mol. The molecule has 0 atom stereocenters. The molecule has 1 aromatic carbocycles. The number of nitrogens with zero attached hydrogens (tertiary/aromatic N) is 3. The Morgan fingerprint density at radius 3 is 2.14 bits per heavy atom. The first-order chi connectivity index (χ1) is 17.2. The molecule has 0 aliphatic heterocycles. The fourth-order valence-electron chi connectivity index (χ4n) is 2.58. The van der Waals surface area contributed by atoms with Gasteiger partial charge < -0.3 is 14.3 Å². The van der Waals surface area contributed by atoms with Crippen molar-refractivity contribution in [2.75, 3.05) is 6.26 Å². The molecule has 0 unspecified atom stereocenters. The summed E-state index contributed by atoms with van der Waals surface area (Å²) in [7, 11) is -3.40. The van der Waals surface area contributed by atoms with Gasteiger partial charge >= 0.3 is 16.2 Å². The zero-order valence-corrected chi connectivity index (χ0v) is 20.8. The molecule has 194 valence electrons. The number of aromatic nitrogens is 3. The molecule has 0 fully saturated rings. The van der Waals surface area contributed by atoms with Gasteiger partial charge in [-0.3, -0.25) is 0 Å². The van der Waals surface area contributed by atoms with Crippen molar-refractivity contribution in [3.63, 3.8) is 0 Å². The summed E-state index contributed by atoms with van der Waals surface area (Å²) in [6.45, 7) is 0. The lowest BCUT2D eigenvalue weighted by Gasteiger charge is -2.03. The molecule has 4 aromatic rings. The van der Waals surface area contributed by atoms with Crippen LogP contribution >= 0.6 is 23.4 Å². The molecule has 15 heteroatoms. The van der Waals surface area contributed by atoms with Crippen LogP contribution in [0.3, 0.4) is 0 Å². The number of pyridine rings is 2. The number of benzene rings is 1. The zero-order chi connectivity index (χ0) is 27.4. The molecule has 4 rings (SSSR count). The van der Waals surface area contributed by atoms with Crippen molar-refractivity contribution in [1.82, 2.24) is 9.97 Å². The highest BCUT2D eigenvalue weighted by Crippen LogP contribution is 2.38. The molecular formula is C22H14ClF4N3O5S2. The van der Waals surface area contributed by atoms with E-state index in [9.17, 15) is 26.0 Å². The van der Waals surface area contributed by atoms with Crippen LogP contribution in [0.4, 0.5) is 17.6 Å². The van der Waals surface area contributed by atoms with E-state index in [1.165, 1.54) is 42.5 Å². The summed E-state index contributed by atoms with van der Waals surface area (Å²) in [5.74, 6) is -3.06. The Bertz CT molecular complexity index is 1490. The number of carboxylic acids is 1. The van der Waals surface area contributed by atoms with Crippen molar-refractivity contribution < 1.29 is 44.3 Å². The van der Waals surface area contributed by atoms with Crippen LogP contribution in [0.25, 0.3) is 22.7 Å². The van der Waals surface area contributed by atoms with E-state index in [0.29, 0.717) is 37.9 Å². The van der Waals surface area contributed by atoms with Gasteiger partial charge in [-0.2, -0.15) is 21.6 Å². The van der Waals surface area contributed by atoms with Gasteiger partial charge in [0.25, 0.3) is 0 Å². The summed E-state index contributed by atoms with van der Waals surface area (Å²) in [5.41, 5.74) is 1.77. The first-order valence-electron chi connectivity index (χ1n) is 9.80. The van der Waals surface area contributed by atoms with Crippen molar-refractivity contribution in [3.05, 3.63) is 78.0 Å². The minimum Gasteiger partial charge on any atom is -0.542 e. The number of alkyl halides is 3. The molecule has 0 N–H and O–H groups in total. The summed E-state index contributed by atoms with van der Waals surface area (Å²) < 4.78 is 75.3. The maximum absolute atomic E-state index is 13.3. The smallest absolute Gasteiger partial charge is 0.430 e. The number of carbonyl (C=O) groups excluding carboxylic acids is 1. The van der Waals surface area contributed by atoms with Gasteiger partial charge in [-0.1, -0.05) is 15.6 Å². The van der Waals surface area contributed by atoms with Crippen molar-refractivity contribution in [2.24, 2.45) is 0 Å². The second kappa shape index (κ2) is 11.3. The summed E-state index contributed by atoms with van der Waals surface area (Å²) in [5, 5.41) is 10.4. The fourth-order valence-corrected chi connectivity index (χ4v) is 4.07. The molecule has 0 aliphatic carbocycles. The number of carboxylic acid groups (broad SMARTS) is 1. The van der Waals surface area contributed by atoms with Crippen molar-refractivity contribution in [1.29, 1.82) is 0 Å². The third-order valence-electron chi connectivity index (χ3n) is 4.27. The van der Waals surface area contributed by atoms with Gasteiger partial charge in [-0.15, -0.1) is 0 Å². The summed E-state index contributed by atoms with van der Waals surface area (Å²) >= 11 is 7.15. The lowest BCUT2D eigenvalue weighted by atomic mass is 10.2. The Labute approximate surface area is 216 Å². The lowest BCUT2D eigenvalue weighted by Crippen LogP contribution is -2.40. The average Bonchev–Trinajstić information content (AvgIpc) is 3.24. The minimum absolute atomic E-state index is 0.307. The van der Waals surface area contributed by atoms with Crippen molar-refractivity contribution >= 4 is 39.4 Å². The van der Waals surface area contributed by atoms with Crippen molar-refractivity contribution in [3.8, 4) is 22.7 Å². The molecule has 0 saturated carbocycles. The van der Waals surface area contributed by atoms with E-state index in [2.05, 4.69) is 9.97 Å². The normalized spacial score (nSPS) is 11.5. The standard InChI is InChI=1S/C20H14ClFN3O3S2.C2HF3O2/c1-30(26,27)25-10-8-13(9-11-25)18-20(29-17-7-4-15(21)12-23-17)28-19(24-18)14-2-5-16(22)6-3-14;3-2(4,5)1(6)7/h2-12H,1H3;(H,6,7)/q+1;/p-1. The largest absolute Gasteiger partial charge is 0.542 e. The Hall–Kier alpha value is -3.49. The van der Waals surface area contributed by atoms with Gasteiger partial charge in [0.15, 0.2) is 17.5 Å². The first kappa shape index (κ1) is 28.1. The fraction of sp³-hybridized carbons (Fsp3) is 0.0909. The quantitative estimate of drug-likeness (QED) is 0.261. The molecule has 0 radical (unpaired) electrons. The third-order valence-corrected chi connectivity index (χ3v) is 6.42. The van der Waals surface area contributed by atoms with Gasteiger partial charge in [0.2, 0.25) is 5.89 Å². The molecule has 0 bridgehead atoms.